The first-order valence-corrected chi connectivity index (χ1v) is 5.78. The number of carbonyl (C=O) groups is 2. The first-order chi connectivity index (χ1) is 7.50. The van der Waals surface area contributed by atoms with Crippen LogP contribution in [0.3, 0.4) is 0 Å². The number of amides is 2. The number of hydrogen-bond donors (Lipinski definition) is 3. The third-order valence-electron chi connectivity index (χ3n) is 3.03. The number of carboxylic acids is 1. The predicted molar refractivity (Wildman–Crippen MR) is 60.1 cm³/mol. The maximum atomic E-state index is 11.4. The zero-order valence-corrected chi connectivity index (χ0v) is 9.82. The fourth-order valence-electron chi connectivity index (χ4n) is 1.39. The summed E-state index contributed by atoms with van der Waals surface area (Å²) in [4.78, 5) is 22.0. The quantitative estimate of drug-likeness (QED) is 0.639. The summed E-state index contributed by atoms with van der Waals surface area (Å²) in [6, 6.07) is -0.639. The van der Waals surface area contributed by atoms with Gasteiger partial charge in [-0.2, -0.15) is 0 Å². The van der Waals surface area contributed by atoms with Crippen molar-refractivity contribution < 1.29 is 14.7 Å². The minimum Gasteiger partial charge on any atom is -0.481 e. The van der Waals surface area contributed by atoms with E-state index < -0.39 is 11.9 Å². The minimum absolute atomic E-state index is 0.277. The van der Waals surface area contributed by atoms with Crippen LogP contribution in [0.4, 0.5) is 4.79 Å². The summed E-state index contributed by atoms with van der Waals surface area (Å²) in [6.45, 7) is 3.95. The van der Waals surface area contributed by atoms with Gasteiger partial charge in [-0.3, -0.25) is 4.79 Å². The third-order valence-corrected chi connectivity index (χ3v) is 3.03. The van der Waals surface area contributed by atoms with Gasteiger partial charge in [-0.1, -0.05) is 12.8 Å². The van der Waals surface area contributed by atoms with Crippen LogP contribution in [0.15, 0.2) is 0 Å². The second kappa shape index (κ2) is 5.72. The van der Waals surface area contributed by atoms with Gasteiger partial charge in [0.1, 0.15) is 0 Å². The van der Waals surface area contributed by atoms with Crippen LogP contribution in [-0.4, -0.2) is 29.7 Å². The molecule has 1 aliphatic carbocycles. The molecule has 0 spiro atoms. The minimum atomic E-state index is -0.897. The molecule has 0 bridgehead atoms. The Balaban J connectivity index is 2.13. The van der Waals surface area contributed by atoms with Crippen molar-refractivity contribution in [2.75, 3.05) is 6.54 Å². The Morgan fingerprint density at radius 1 is 1.38 bits per heavy atom. The number of hydrogen-bond acceptors (Lipinski definition) is 2. The fraction of sp³-hybridized carbons (Fsp3) is 0.818. The maximum Gasteiger partial charge on any atom is 0.315 e. The smallest absolute Gasteiger partial charge is 0.315 e. The van der Waals surface area contributed by atoms with E-state index in [0.717, 1.165) is 12.3 Å². The average Bonchev–Trinajstić information content (AvgIpc) is 3.00. The summed E-state index contributed by atoms with van der Waals surface area (Å²) in [5.74, 6) is -0.685. The van der Waals surface area contributed by atoms with E-state index in [2.05, 4.69) is 10.6 Å². The molecule has 0 saturated heterocycles. The lowest BCUT2D eigenvalue weighted by molar-refractivity contribution is -0.141. The molecule has 2 unspecified atom stereocenters. The van der Waals surface area contributed by atoms with Crippen LogP contribution >= 0.6 is 0 Å². The van der Waals surface area contributed by atoms with Crippen molar-refractivity contribution in [1.82, 2.24) is 10.6 Å². The monoisotopic (exact) mass is 228 g/mol. The van der Waals surface area contributed by atoms with E-state index in [1.165, 1.54) is 12.8 Å². The first-order valence-electron chi connectivity index (χ1n) is 5.78. The molecule has 2 amide bonds. The number of nitrogens with one attached hydrogen (secondary N) is 2. The number of carboxylic acid groups (broad SMARTS) is 1. The van der Waals surface area contributed by atoms with Crippen molar-refractivity contribution in [3.05, 3.63) is 0 Å². The van der Waals surface area contributed by atoms with Gasteiger partial charge in [-0.25, -0.2) is 4.79 Å². The van der Waals surface area contributed by atoms with Crippen LogP contribution in [0.5, 0.6) is 0 Å². The second-order valence-electron chi connectivity index (χ2n) is 4.55. The van der Waals surface area contributed by atoms with Gasteiger partial charge in [0.05, 0.1) is 5.92 Å². The van der Waals surface area contributed by atoms with E-state index in [0.29, 0.717) is 6.54 Å². The van der Waals surface area contributed by atoms with E-state index in [1.807, 2.05) is 0 Å². The molecule has 0 aliphatic heterocycles. The highest BCUT2D eigenvalue weighted by Crippen LogP contribution is 2.31. The van der Waals surface area contributed by atoms with Crippen LogP contribution in [0.25, 0.3) is 0 Å². The number of carbonyl (C=O) groups excluding carboxylic acids is 1. The van der Waals surface area contributed by atoms with Gasteiger partial charge >= 0.3 is 12.0 Å². The summed E-state index contributed by atoms with van der Waals surface area (Å²) >= 11 is 0. The number of aliphatic carboxylic acids is 1. The van der Waals surface area contributed by atoms with E-state index in [9.17, 15) is 9.59 Å². The van der Waals surface area contributed by atoms with Crippen LogP contribution in [-0.2, 0) is 4.79 Å². The molecule has 5 nitrogen and oxygen atoms in total. The van der Waals surface area contributed by atoms with Crippen molar-refractivity contribution in [3.63, 3.8) is 0 Å². The number of urea groups is 1. The Bertz CT molecular complexity index is 264. The first kappa shape index (κ1) is 12.8. The topological polar surface area (TPSA) is 78.4 Å². The fourth-order valence-corrected chi connectivity index (χ4v) is 1.39. The van der Waals surface area contributed by atoms with Gasteiger partial charge in [0.25, 0.3) is 0 Å². The summed E-state index contributed by atoms with van der Waals surface area (Å²) in [7, 11) is 0. The summed E-state index contributed by atoms with van der Waals surface area (Å²) in [5, 5.41) is 14.1. The Kier molecular flexibility index (Phi) is 4.58. The van der Waals surface area contributed by atoms with Crippen molar-refractivity contribution in [2.45, 2.75) is 39.2 Å². The Labute approximate surface area is 95.6 Å². The molecule has 16 heavy (non-hydrogen) atoms. The molecule has 2 atom stereocenters. The molecule has 0 aromatic heterocycles. The lowest BCUT2D eigenvalue weighted by Crippen LogP contribution is -2.45. The largest absolute Gasteiger partial charge is 0.481 e. The van der Waals surface area contributed by atoms with E-state index in [1.54, 1.807) is 13.8 Å². The molecule has 0 aromatic carbocycles. The SMILES string of the molecule is CC(NC(=O)NCCC1CC1)C(C)C(=O)O. The van der Waals surface area contributed by atoms with Gasteiger partial charge in [0, 0.05) is 12.6 Å². The molecule has 5 heteroatoms. The van der Waals surface area contributed by atoms with E-state index >= 15 is 0 Å². The molecule has 1 saturated carbocycles. The van der Waals surface area contributed by atoms with Gasteiger partial charge in [0.15, 0.2) is 0 Å². The molecule has 3 N–H and O–H groups in total. The maximum absolute atomic E-state index is 11.4. The molecule has 0 radical (unpaired) electrons. The molecule has 0 aromatic rings. The molecule has 1 aliphatic rings. The van der Waals surface area contributed by atoms with Crippen molar-refractivity contribution in [2.24, 2.45) is 11.8 Å². The molecular formula is C11H20N2O3. The van der Waals surface area contributed by atoms with Gasteiger partial charge in [-0.15, -0.1) is 0 Å². The van der Waals surface area contributed by atoms with E-state index in [-0.39, 0.29) is 12.1 Å². The lowest BCUT2D eigenvalue weighted by Gasteiger charge is -2.18. The molecule has 0 heterocycles. The molecule has 1 rings (SSSR count). The van der Waals surface area contributed by atoms with Crippen LogP contribution < -0.4 is 10.6 Å². The van der Waals surface area contributed by atoms with Gasteiger partial charge in [-0.05, 0) is 26.2 Å². The van der Waals surface area contributed by atoms with E-state index in [4.69, 9.17) is 5.11 Å². The summed E-state index contributed by atoms with van der Waals surface area (Å²) < 4.78 is 0. The Morgan fingerprint density at radius 3 is 2.50 bits per heavy atom. The highest BCUT2D eigenvalue weighted by molar-refractivity contribution is 5.76. The Morgan fingerprint density at radius 2 is 2.00 bits per heavy atom. The van der Waals surface area contributed by atoms with Gasteiger partial charge in [0.2, 0.25) is 0 Å². The average molecular weight is 228 g/mol. The van der Waals surface area contributed by atoms with Crippen molar-refractivity contribution >= 4 is 12.0 Å². The zero-order chi connectivity index (χ0) is 12.1. The summed E-state index contributed by atoms with van der Waals surface area (Å²) in [5.41, 5.74) is 0. The van der Waals surface area contributed by atoms with Crippen molar-refractivity contribution in [3.8, 4) is 0 Å². The lowest BCUT2D eigenvalue weighted by atomic mass is 10.0. The standard InChI is InChI=1S/C11H20N2O3/c1-7(10(14)15)8(2)13-11(16)12-6-5-9-3-4-9/h7-9H,3-6H2,1-2H3,(H,14,15)(H2,12,13,16). The van der Waals surface area contributed by atoms with Crippen LogP contribution in [0, 0.1) is 11.8 Å². The summed E-state index contributed by atoms with van der Waals surface area (Å²) in [6.07, 6.45) is 3.57. The Hall–Kier alpha value is -1.26. The van der Waals surface area contributed by atoms with Crippen LogP contribution in [0.2, 0.25) is 0 Å². The van der Waals surface area contributed by atoms with Crippen LogP contribution in [0.1, 0.15) is 33.1 Å². The predicted octanol–water partition coefficient (Wildman–Crippen LogP) is 1.19. The van der Waals surface area contributed by atoms with Crippen molar-refractivity contribution in [1.29, 1.82) is 0 Å². The zero-order valence-electron chi connectivity index (χ0n) is 9.82. The normalized spacial score (nSPS) is 18.6. The molecular weight excluding hydrogens is 208 g/mol. The highest BCUT2D eigenvalue weighted by atomic mass is 16.4. The van der Waals surface area contributed by atoms with Gasteiger partial charge < -0.3 is 15.7 Å². The highest BCUT2D eigenvalue weighted by Gasteiger charge is 2.22. The number of rotatable bonds is 6. The second-order valence-corrected chi connectivity index (χ2v) is 4.55. The third kappa shape index (κ3) is 4.51. The molecule has 92 valence electrons. The molecule has 1 fully saturated rings.